The molecule has 2 rings (SSSR count). The lowest BCUT2D eigenvalue weighted by Crippen LogP contribution is -2.56. The van der Waals surface area contributed by atoms with Gasteiger partial charge in [-0.1, -0.05) is 20.8 Å². The van der Waals surface area contributed by atoms with Crippen molar-refractivity contribution in [2.45, 2.75) is 58.5 Å². The highest BCUT2D eigenvalue weighted by Crippen LogP contribution is 2.41. The fourth-order valence-electron chi connectivity index (χ4n) is 4.14. The predicted molar refractivity (Wildman–Crippen MR) is 82.0 cm³/mol. The van der Waals surface area contributed by atoms with Gasteiger partial charge >= 0.3 is 5.97 Å². The first kappa shape index (κ1) is 16.7. The Bertz CT molecular complexity index is 500. The second-order valence-corrected chi connectivity index (χ2v) is 9.78. The van der Waals surface area contributed by atoms with Crippen molar-refractivity contribution in [1.29, 1.82) is 0 Å². The number of hydrogen-bond donors (Lipinski definition) is 1. The molecule has 3 atom stereocenters. The molecule has 1 heterocycles. The van der Waals surface area contributed by atoms with Gasteiger partial charge in [-0.3, -0.25) is 9.69 Å². The zero-order valence-electron chi connectivity index (χ0n) is 13.2. The Morgan fingerprint density at radius 3 is 2.62 bits per heavy atom. The number of carboxylic acid groups (broad SMARTS) is 1. The summed E-state index contributed by atoms with van der Waals surface area (Å²) in [5, 5.41) is 9.08. The number of aliphatic carboxylic acids is 1. The summed E-state index contributed by atoms with van der Waals surface area (Å²) in [6, 6.07) is -0.0483. The molecule has 0 radical (unpaired) electrons. The molecule has 122 valence electrons. The van der Waals surface area contributed by atoms with Crippen LogP contribution < -0.4 is 0 Å². The summed E-state index contributed by atoms with van der Waals surface area (Å²) in [5.74, 6) is -0.279. The molecule has 1 aliphatic carbocycles. The van der Waals surface area contributed by atoms with Crippen molar-refractivity contribution in [3.63, 3.8) is 0 Å². The van der Waals surface area contributed by atoms with Gasteiger partial charge in [-0.05, 0) is 30.6 Å². The van der Waals surface area contributed by atoms with Gasteiger partial charge in [0.05, 0.1) is 17.9 Å². The minimum atomic E-state index is -3.09. The first-order valence-electron chi connectivity index (χ1n) is 7.78. The molecule has 0 aromatic heterocycles. The topological polar surface area (TPSA) is 74.7 Å². The molecular weight excluding hydrogens is 290 g/mol. The van der Waals surface area contributed by atoms with Crippen LogP contribution in [0.25, 0.3) is 0 Å². The van der Waals surface area contributed by atoms with Gasteiger partial charge in [0, 0.05) is 18.6 Å². The standard InChI is InChI=1S/C15H27NO4S/c1-11-9-15(2,3)5-4-13(11)16-6-7-21(19,20)10-12(16)8-14(17)18/h11-13H,4-10H2,1-3H3,(H,17,18). The van der Waals surface area contributed by atoms with E-state index in [-0.39, 0.29) is 24.0 Å². The molecule has 21 heavy (non-hydrogen) atoms. The second kappa shape index (κ2) is 5.88. The SMILES string of the molecule is CC1CC(C)(C)CCC1N1CCS(=O)(=O)CC1CC(=O)O. The van der Waals surface area contributed by atoms with Crippen molar-refractivity contribution in [1.82, 2.24) is 4.90 Å². The monoisotopic (exact) mass is 317 g/mol. The number of sulfone groups is 1. The molecule has 0 spiro atoms. The summed E-state index contributed by atoms with van der Waals surface area (Å²) < 4.78 is 23.7. The van der Waals surface area contributed by atoms with E-state index in [0.717, 1.165) is 19.3 Å². The molecule has 0 aromatic rings. The van der Waals surface area contributed by atoms with Gasteiger partial charge in [0.1, 0.15) is 0 Å². The number of nitrogens with zero attached hydrogens (tertiary/aromatic N) is 1. The third-order valence-corrected chi connectivity index (χ3v) is 6.76. The lowest BCUT2D eigenvalue weighted by Gasteiger charge is -2.48. The largest absolute Gasteiger partial charge is 0.481 e. The Balaban J connectivity index is 2.14. The molecule has 0 bridgehead atoms. The van der Waals surface area contributed by atoms with Crippen molar-refractivity contribution < 1.29 is 18.3 Å². The van der Waals surface area contributed by atoms with Crippen LogP contribution in [0, 0.1) is 11.3 Å². The van der Waals surface area contributed by atoms with E-state index in [9.17, 15) is 13.2 Å². The van der Waals surface area contributed by atoms with Gasteiger partial charge in [-0.15, -0.1) is 0 Å². The van der Waals surface area contributed by atoms with E-state index in [2.05, 4.69) is 25.7 Å². The minimum Gasteiger partial charge on any atom is -0.481 e. The smallest absolute Gasteiger partial charge is 0.304 e. The van der Waals surface area contributed by atoms with E-state index in [1.807, 2.05) is 0 Å². The van der Waals surface area contributed by atoms with Gasteiger partial charge < -0.3 is 5.11 Å². The number of hydrogen-bond acceptors (Lipinski definition) is 4. The van der Waals surface area contributed by atoms with Crippen LogP contribution in [-0.2, 0) is 14.6 Å². The molecule has 0 aromatic carbocycles. The molecule has 3 unspecified atom stereocenters. The molecule has 6 heteroatoms. The highest BCUT2D eigenvalue weighted by molar-refractivity contribution is 7.91. The lowest BCUT2D eigenvalue weighted by atomic mass is 9.70. The predicted octanol–water partition coefficient (Wildman–Crippen LogP) is 1.77. The molecule has 5 nitrogen and oxygen atoms in total. The van der Waals surface area contributed by atoms with Gasteiger partial charge in [0.15, 0.2) is 9.84 Å². The van der Waals surface area contributed by atoms with Crippen LogP contribution in [0.3, 0.4) is 0 Å². The average molecular weight is 317 g/mol. The van der Waals surface area contributed by atoms with Crippen molar-refractivity contribution in [3.05, 3.63) is 0 Å². The van der Waals surface area contributed by atoms with Gasteiger partial charge in [0.2, 0.25) is 0 Å². The van der Waals surface area contributed by atoms with Crippen LogP contribution in [0.5, 0.6) is 0 Å². The zero-order chi connectivity index (χ0) is 15.8. The summed E-state index contributed by atoms with van der Waals surface area (Å²) in [7, 11) is -3.09. The van der Waals surface area contributed by atoms with E-state index in [1.165, 1.54) is 0 Å². The molecule has 0 amide bonds. The highest BCUT2D eigenvalue weighted by Gasteiger charge is 2.41. The summed E-state index contributed by atoms with van der Waals surface area (Å²) >= 11 is 0. The quantitative estimate of drug-likeness (QED) is 0.859. The van der Waals surface area contributed by atoms with Crippen molar-refractivity contribution in [2.24, 2.45) is 11.3 Å². The molecule has 1 saturated heterocycles. The number of carbonyl (C=O) groups is 1. The Labute approximate surface area is 127 Å². The minimum absolute atomic E-state index is 0.00802. The first-order valence-corrected chi connectivity index (χ1v) is 9.60. The highest BCUT2D eigenvalue weighted by atomic mass is 32.2. The summed E-state index contributed by atoms with van der Waals surface area (Å²) in [5.41, 5.74) is 0.333. The number of carboxylic acids is 1. The zero-order valence-corrected chi connectivity index (χ0v) is 14.0. The molecule has 1 saturated carbocycles. The normalized spacial score (nSPS) is 36.2. The Kier molecular flexibility index (Phi) is 4.69. The van der Waals surface area contributed by atoms with Crippen LogP contribution in [-0.4, -0.2) is 54.5 Å². The number of rotatable bonds is 3. The third-order valence-electron chi connectivity index (χ3n) is 5.06. The van der Waals surface area contributed by atoms with Crippen molar-refractivity contribution >= 4 is 15.8 Å². The summed E-state index contributed by atoms with van der Waals surface area (Å²) in [6.45, 7) is 7.24. The van der Waals surface area contributed by atoms with Gasteiger partial charge in [-0.25, -0.2) is 8.42 Å². The van der Waals surface area contributed by atoms with Crippen LogP contribution >= 0.6 is 0 Å². The molecule has 1 N–H and O–H groups in total. The second-order valence-electron chi connectivity index (χ2n) is 7.56. The fraction of sp³-hybridized carbons (Fsp3) is 0.933. The van der Waals surface area contributed by atoms with Crippen LogP contribution in [0.1, 0.15) is 46.5 Å². The summed E-state index contributed by atoms with van der Waals surface area (Å²) in [4.78, 5) is 13.2. The first-order chi connectivity index (χ1) is 9.60. The van der Waals surface area contributed by atoms with E-state index in [4.69, 9.17) is 5.11 Å². The van der Waals surface area contributed by atoms with Crippen LogP contribution in [0.4, 0.5) is 0 Å². The molecular formula is C15H27NO4S. The van der Waals surface area contributed by atoms with Crippen LogP contribution in [0.15, 0.2) is 0 Å². The summed E-state index contributed by atoms with van der Waals surface area (Å²) in [6.07, 6.45) is 3.18. The van der Waals surface area contributed by atoms with Crippen molar-refractivity contribution in [2.75, 3.05) is 18.1 Å². The molecule has 1 aliphatic heterocycles. The molecule has 2 aliphatic rings. The van der Waals surface area contributed by atoms with Crippen molar-refractivity contribution in [3.8, 4) is 0 Å². The maximum Gasteiger partial charge on any atom is 0.304 e. The van der Waals surface area contributed by atoms with E-state index in [1.54, 1.807) is 0 Å². The van der Waals surface area contributed by atoms with E-state index < -0.39 is 15.8 Å². The Morgan fingerprint density at radius 1 is 1.38 bits per heavy atom. The van der Waals surface area contributed by atoms with E-state index >= 15 is 0 Å². The third kappa shape index (κ3) is 4.19. The van der Waals surface area contributed by atoms with E-state index in [0.29, 0.717) is 23.9 Å². The average Bonchev–Trinajstić information content (AvgIpc) is 2.28. The maximum absolute atomic E-state index is 11.8. The van der Waals surface area contributed by atoms with Crippen LogP contribution in [0.2, 0.25) is 0 Å². The lowest BCUT2D eigenvalue weighted by molar-refractivity contribution is -0.138. The molecule has 2 fully saturated rings. The Morgan fingerprint density at radius 2 is 2.05 bits per heavy atom. The van der Waals surface area contributed by atoms with Gasteiger partial charge in [-0.2, -0.15) is 0 Å². The van der Waals surface area contributed by atoms with Gasteiger partial charge in [0.25, 0.3) is 0 Å². The Hall–Kier alpha value is -0.620. The maximum atomic E-state index is 11.8. The fourth-order valence-corrected chi connectivity index (χ4v) is 5.69.